The molecule has 2 rings (SSSR count). The van der Waals surface area contributed by atoms with Crippen LogP contribution in [0.25, 0.3) is 0 Å². The molecule has 0 bridgehead atoms. The van der Waals surface area contributed by atoms with Crippen molar-refractivity contribution in [1.29, 1.82) is 0 Å². The van der Waals surface area contributed by atoms with Gasteiger partial charge >= 0.3 is 12.2 Å². The highest BCUT2D eigenvalue weighted by Gasteiger charge is 2.23. The fourth-order valence-electron chi connectivity index (χ4n) is 2.37. The van der Waals surface area contributed by atoms with Crippen LogP contribution in [0.15, 0.2) is 18.3 Å². The van der Waals surface area contributed by atoms with Crippen LogP contribution in [0.1, 0.15) is 19.8 Å². The molecule has 1 fully saturated rings. The zero-order chi connectivity index (χ0) is 16.7. The standard InChI is InChI=1S/C15H22N4O4/c1-3-23-15(21)19-8-6-11(7-9-19)17-12-4-5-13(16-10-12)18-14(20)22-2/h4-5,10-11,17H,3,6-9H2,1-2H3,(H,16,18,20). The Morgan fingerprint density at radius 1 is 1.35 bits per heavy atom. The molecule has 0 unspecified atom stereocenters. The van der Waals surface area contributed by atoms with Crippen LogP contribution in [-0.2, 0) is 9.47 Å². The van der Waals surface area contributed by atoms with Gasteiger partial charge in [0.2, 0.25) is 0 Å². The lowest BCUT2D eigenvalue weighted by Gasteiger charge is -2.32. The minimum absolute atomic E-state index is 0.245. The van der Waals surface area contributed by atoms with Gasteiger partial charge in [0, 0.05) is 19.1 Å². The summed E-state index contributed by atoms with van der Waals surface area (Å²) in [5, 5.41) is 5.88. The third-order valence-electron chi connectivity index (χ3n) is 3.57. The topological polar surface area (TPSA) is 92.8 Å². The molecule has 1 aliphatic heterocycles. The number of anilines is 2. The van der Waals surface area contributed by atoms with E-state index in [2.05, 4.69) is 20.4 Å². The fraction of sp³-hybridized carbons (Fsp3) is 0.533. The minimum Gasteiger partial charge on any atom is -0.453 e. The summed E-state index contributed by atoms with van der Waals surface area (Å²) in [4.78, 5) is 28.6. The van der Waals surface area contributed by atoms with Gasteiger partial charge in [-0.3, -0.25) is 5.32 Å². The molecule has 0 aromatic carbocycles. The molecule has 0 atom stereocenters. The SMILES string of the molecule is CCOC(=O)N1CCC(Nc2ccc(NC(=O)OC)nc2)CC1. The largest absolute Gasteiger partial charge is 0.453 e. The van der Waals surface area contributed by atoms with Crippen molar-refractivity contribution in [3.05, 3.63) is 18.3 Å². The molecule has 0 aliphatic carbocycles. The monoisotopic (exact) mass is 322 g/mol. The van der Waals surface area contributed by atoms with E-state index in [1.54, 1.807) is 24.1 Å². The molecule has 1 aliphatic rings. The van der Waals surface area contributed by atoms with Crippen LogP contribution in [0.2, 0.25) is 0 Å². The van der Waals surface area contributed by atoms with E-state index in [-0.39, 0.29) is 12.1 Å². The van der Waals surface area contributed by atoms with Crippen molar-refractivity contribution in [1.82, 2.24) is 9.88 Å². The Hall–Kier alpha value is -2.51. The number of amides is 2. The normalized spacial score (nSPS) is 15.0. The predicted octanol–water partition coefficient (Wildman–Crippen LogP) is 2.29. The van der Waals surface area contributed by atoms with E-state index >= 15 is 0 Å². The van der Waals surface area contributed by atoms with Crippen molar-refractivity contribution in [2.75, 3.05) is 37.4 Å². The van der Waals surface area contributed by atoms with Crippen LogP contribution in [0.3, 0.4) is 0 Å². The molecule has 23 heavy (non-hydrogen) atoms. The van der Waals surface area contributed by atoms with Crippen molar-refractivity contribution in [2.24, 2.45) is 0 Å². The smallest absolute Gasteiger partial charge is 0.412 e. The summed E-state index contributed by atoms with van der Waals surface area (Å²) < 4.78 is 9.51. The van der Waals surface area contributed by atoms with Crippen LogP contribution in [0, 0.1) is 0 Å². The maximum absolute atomic E-state index is 11.6. The second-order valence-corrected chi connectivity index (χ2v) is 5.15. The van der Waals surface area contributed by atoms with Crippen molar-refractivity contribution in [3.8, 4) is 0 Å². The van der Waals surface area contributed by atoms with Crippen molar-refractivity contribution < 1.29 is 19.1 Å². The lowest BCUT2D eigenvalue weighted by Crippen LogP contribution is -2.42. The van der Waals surface area contributed by atoms with Gasteiger partial charge in [-0.25, -0.2) is 14.6 Å². The molecule has 1 aromatic rings. The Balaban J connectivity index is 1.80. The zero-order valence-electron chi connectivity index (χ0n) is 13.4. The number of nitrogens with zero attached hydrogens (tertiary/aromatic N) is 2. The number of hydrogen-bond acceptors (Lipinski definition) is 6. The molecule has 126 valence electrons. The Kier molecular flexibility index (Phi) is 6.02. The highest BCUT2D eigenvalue weighted by molar-refractivity contribution is 5.83. The van der Waals surface area contributed by atoms with Crippen molar-refractivity contribution in [3.63, 3.8) is 0 Å². The van der Waals surface area contributed by atoms with E-state index < -0.39 is 6.09 Å². The first kappa shape index (κ1) is 16.9. The molecule has 8 heteroatoms. The maximum atomic E-state index is 11.6. The number of aromatic nitrogens is 1. The van der Waals surface area contributed by atoms with Crippen molar-refractivity contribution >= 4 is 23.7 Å². The van der Waals surface area contributed by atoms with Gasteiger partial charge in [0.25, 0.3) is 0 Å². The molecular weight excluding hydrogens is 300 g/mol. The number of carbonyl (C=O) groups excluding carboxylic acids is 2. The van der Waals surface area contributed by atoms with Crippen LogP contribution in [-0.4, -0.2) is 54.9 Å². The number of rotatable bonds is 4. The van der Waals surface area contributed by atoms with E-state index in [0.29, 0.717) is 25.5 Å². The zero-order valence-corrected chi connectivity index (χ0v) is 13.4. The van der Waals surface area contributed by atoms with Crippen LogP contribution in [0.4, 0.5) is 21.1 Å². The Labute approximate surface area is 135 Å². The second kappa shape index (κ2) is 8.21. The van der Waals surface area contributed by atoms with E-state index in [0.717, 1.165) is 18.5 Å². The summed E-state index contributed by atoms with van der Waals surface area (Å²) in [5.41, 5.74) is 0.870. The highest BCUT2D eigenvalue weighted by atomic mass is 16.6. The van der Waals surface area contributed by atoms with Crippen LogP contribution < -0.4 is 10.6 Å². The molecule has 0 spiro atoms. The van der Waals surface area contributed by atoms with Gasteiger partial charge in [-0.15, -0.1) is 0 Å². The Morgan fingerprint density at radius 3 is 2.65 bits per heavy atom. The fourth-order valence-corrected chi connectivity index (χ4v) is 2.37. The summed E-state index contributed by atoms with van der Waals surface area (Å²) in [6.45, 7) is 3.55. The lowest BCUT2D eigenvalue weighted by atomic mass is 10.1. The van der Waals surface area contributed by atoms with Crippen LogP contribution >= 0.6 is 0 Å². The van der Waals surface area contributed by atoms with Gasteiger partial charge in [-0.2, -0.15) is 0 Å². The number of piperidine rings is 1. The first-order valence-corrected chi connectivity index (χ1v) is 7.61. The molecule has 2 heterocycles. The molecule has 1 aromatic heterocycles. The second-order valence-electron chi connectivity index (χ2n) is 5.15. The summed E-state index contributed by atoms with van der Waals surface area (Å²) in [7, 11) is 1.30. The van der Waals surface area contributed by atoms with Gasteiger partial charge in [-0.1, -0.05) is 0 Å². The average molecular weight is 322 g/mol. The van der Waals surface area contributed by atoms with Crippen molar-refractivity contribution in [2.45, 2.75) is 25.8 Å². The number of pyridine rings is 1. The van der Waals surface area contributed by atoms with E-state index in [9.17, 15) is 9.59 Å². The number of hydrogen-bond donors (Lipinski definition) is 2. The Bertz CT molecular complexity index is 527. The lowest BCUT2D eigenvalue weighted by molar-refractivity contribution is 0.0983. The summed E-state index contributed by atoms with van der Waals surface area (Å²) in [6, 6.07) is 3.82. The molecule has 8 nitrogen and oxygen atoms in total. The number of carbonyl (C=O) groups is 2. The molecule has 0 saturated carbocycles. The van der Waals surface area contributed by atoms with E-state index in [4.69, 9.17) is 4.74 Å². The number of methoxy groups -OCH3 is 1. The average Bonchev–Trinajstić information content (AvgIpc) is 2.57. The molecule has 0 radical (unpaired) electrons. The molecule has 1 saturated heterocycles. The first-order chi connectivity index (χ1) is 11.1. The predicted molar refractivity (Wildman–Crippen MR) is 85.5 cm³/mol. The minimum atomic E-state index is -0.551. The first-order valence-electron chi connectivity index (χ1n) is 7.61. The molecular formula is C15H22N4O4. The van der Waals surface area contributed by atoms with Crippen LogP contribution in [0.5, 0.6) is 0 Å². The number of nitrogens with one attached hydrogen (secondary N) is 2. The van der Waals surface area contributed by atoms with Gasteiger partial charge in [0.05, 0.1) is 25.6 Å². The quantitative estimate of drug-likeness (QED) is 0.883. The summed E-state index contributed by atoms with van der Waals surface area (Å²) >= 11 is 0. The Morgan fingerprint density at radius 2 is 2.09 bits per heavy atom. The number of ether oxygens (including phenoxy) is 2. The van der Waals surface area contributed by atoms with Gasteiger partial charge in [-0.05, 0) is 31.9 Å². The third-order valence-corrected chi connectivity index (χ3v) is 3.57. The molecule has 2 amide bonds. The van der Waals surface area contributed by atoms with E-state index in [1.807, 2.05) is 6.07 Å². The summed E-state index contributed by atoms with van der Waals surface area (Å²) in [5.74, 6) is 0.430. The molecule has 2 N–H and O–H groups in total. The van der Waals surface area contributed by atoms with E-state index in [1.165, 1.54) is 7.11 Å². The van der Waals surface area contributed by atoms with Gasteiger partial charge in [0.1, 0.15) is 5.82 Å². The number of likely N-dealkylation sites (tertiary alicyclic amines) is 1. The maximum Gasteiger partial charge on any atom is 0.412 e. The highest BCUT2D eigenvalue weighted by Crippen LogP contribution is 2.17. The summed E-state index contributed by atoms with van der Waals surface area (Å²) in [6.07, 6.45) is 2.56. The van der Waals surface area contributed by atoms with Gasteiger partial charge < -0.3 is 19.7 Å². The van der Waals surface area contributed by atoms with Gasteiger partial charge in [0.15, 0.2) is 0 Å². The third kappa shape index (κ3) is 5.01.